The van der Waals surface area contributed by atoms with Gasteiger partial charge in [-0.05, 0) is 35.5 Å². The first-order valence-electron chi connectivity index (χ1n) is 6.23. The summed E-state index contributed by atoms with van der Waals surface area (Å²) in [7, 11) is 0. The predicted molar refractivity (Wildman–Crippen MR) is 74.9 cm³/mol. The summed E-state index contributed by atoms with van der Waals surface area (Å²) in [5, 5.41) is 20.3. The molecule has 0 aliphatic heterocycles. The quantitative estimate of drug-likeness (QED) is 0.507. The topological polar surface area (TPSA) is 55.7 Å². The van der Waals surface area contributed by atoms with Gasteiger partial charge < -0.3 is 5.32 Å². The molecule has 0 aliphatic carbocycles. The van der Waals surface area contributed by atoms with Crippen LogP contribution in [0.3, 0.4) is 0 Å². The highest BCUT2D eigenvalue weighted by molar-refractivity contribution is 7.96. The smallest absolute Gasteiger partial charge is 0.123 e. The van der Waals surface area contributed by atoms with Crippen molar-refractivity contribution in [2.75, 3.05) is 12.3 Å². The molecule has 3 N–H and O–H groups in total. The average Bonchev–Trinajstić information content (AvgIpc) is 2.43. The summed E-state index contributed by atoms with van der Waals surface area (Å²) in [4.78, 5) is 0. The fourth-order valence-electron chi connectivity index (χ4n) is 1.78. The van der Waals surface area contributed by atoms with Crippen molar-refractivity contribution < 1.29 is 14.8 Å². The lowest BCUT2D eigenvalue weighted by molar-refractivity contribution is -0.217. The fourth-order valence-corrected chi connectivity index (χ4v) is 2.19. The van der Waals surface area contributed by atoms with Gasteiger partial charge in [-0.3, -0.25) is 10.4 Å². The first-order chi connectivity index (χ1) is 8.98. The summed E-state index contributed by atoms with van der Waals surface area (Å²) < 4.78 is 13.5. The van der Waals surface area contributed by atoms with Crippen molar-refractivity contribution in [3.63, 3.8) is 0 Å². The highest BCUT2D eigenvalue weighted by atomic mass is 32.2. The van der Waals surface area contributed by atoms with Gasteiger partial charge in [0.25, 0.3) is 0 Å². The van der Waals surface area contributed by atoms with Crippen LogP contribution in [0.1, 0.15) is 25.8 Å². The fraction of sp³-hybridized carbons (Fsp3) is 0.538. The Morgan fingerprint density at radius 2 is 2.00 bits per heavy atom. The van der Waals surface area contributed by atoms with E-state index >= 15 is 0 Å². The molecule has 0 aliphatic rings. The normalized spacial score (nSPS) is 16.3. The van der Waals surface area contributed by atoms with Gasteiger partial charge in [-0.2, -0.15) is 0 Å². The minimum absolute atomic E-state index is 0.00537. The molecule has 0 amide bonds. The monoisotopic (exact) mass is 288 g/mol. The van der Waals surface area contributed by atoms with E-state index in [1.807, 2.05) is 44.2 Å². The minimum Gasteiger partial charge on any atom is -0.305 e. The number of hydrogen-bond donors (Lipinski definition) is 3. The molecule has 0 bridgehead atoms. The number of nitrogens with zero attached hydrogens (tertiary/aromatic N) is 1. The number of halogens is 1. The third kappa shape index (κ3) is 5.46. The van der Waals surface area contributed by atoms with Gasteiger partial charge in [0.2, 0.25) is 0 Å². The minimum atomic E-state index is -1.15. The molecule has 1 aromatic rings. The summed E-state index contributed by atoms with van der Waals surface area (Å²) in [6.07, 6.45) is -0.315. The summed E-state index contributed by atoms with van der Waals surface area (Å²) in [5.74, 6) is -0.00537. The number of nitrogens with one attached hydrogen (secondary N) is 1. The van der Waals surface area contributed by atoms with Crippen molar-refractivity contribution in [2.45, 2.75) is 32.0 Å². The van der Waals surface area contributed by atoms with Gasteiger partial charge in [-0.25, -0.2) is 4.39 Å². The van der Waals surface area contributed by atoms with E-state index < -0.39 is 6.17 Å². The van der Waals surface area contributed by atoms with Crippen LogP contribution in [0.2, 0.25) is 0 Å². The first-order valence-corrected chi connectivity index (χ1v) is 7.17. The second kappa shape index (κ2) is 7.81. The molecule has 0 saturated heterocycles. The lowest BCUT2D eigenvalue weighted by atomic mass is 9.89. The maximum absolute atomic E-state index is 13.6. The molecule has 4 nitrogen and oxygen atoms in total. The number of benzene rings is 1. The van der Waals surface area contributed by atoms with Crippen LogP contribution in [-0.4, -0.2) is 33.5 Å². The summed E-state index contributed by atoms with van der Waals surface area (Å²) >= 11 is 0.623. The summed E-state index contributed by atoms with van der Waals surface area (Å²) in [6.45, 7) is 4.25. The van der Waals surface area contributed by atoms with Gasteiger partial charge in [0.15, 0.2) is 0 Å². The molecular weight excluding hydrogens is 267 g/mol. The highest BCUT2D eigenvalue weighted by Gasteiger charge is 2.24. The van der Waals surface area contributed by atoms with Gasteiger partial charge in [0, 0.05) is 17.8 Å². The van der Waals surface area contributed by atoms with E-state index in [1.54, 1.807) is 0 Å². The average molecular weight is 288 g/mol. The Morgan fingerprint density at radius 1 is 1.37 bits per heavy atom. The largest absolute Gasteiger partial charge is 0.305 e. The van der Waals surface area contributed by atoms with E-state index in [0.29, 0.717) is 11.9 Å². The SMILES string of the molecule is CCC(C)(NCC(F)CSN(O)O)c1ccccc1. The molecule has 0 heterocycles. The molecule has 1 aromatic carbocycles. The Kier molecular flexibility index (Phi) is 6.74. The second-order valence-electron chi connectivity index (χ2n) is 4.58. The number of rotatable bonds is 8. The van der Waals surface area contributed by atoms with Gasteiger partial charge in [0.05, 0.1) is 0 Å². The van der Waals surface area contributed by atoms with E-state index in [0.717, 1.165) is 12.0 Å². The van der Waals surface area contributed by atoms with Crippen molar-refractivity contribution in [1.29, 1.82) is 0 Å². The van der Waals surface area contributed by atoms with E-state index in [1.165, 1.54) is 0 Å². The summed E-state index contributed by atoms with van der Waals surface area (Å²) in [6, 6.07) is 9.90. The lowest BCUT2D eigenvalue weighted by Crippen LogP contribution is -2.42. The molecule has 0 spiro atoms. The van der Waals surface area contributed by atoms with Crippen LogP contribution in [-0.2, 0) is 5.54 Å². The predicted octanol–water partition coefficient (Wildman–Crippen LogP) is 2.97. The molecule has 2 unspecified atom stereocenters. The molecule has 6 heteroatoms. The Morgan fingerprint density at radius 3 is 2.53 bits per heavy atom. The molecule has 0 saturated carbocycles. The van der Waals surface area contributed by atoms with Crippen LogP contribution in [0, 0.1) is 0 Å². The van der Waals surface area contributed by atoms with Gasteiger partial charge >= 0.3 is 0 Å². The van der Waals surface area contributed by atoms with Crippen LogP contribution in [0.25, 0.3) is 0 Å². The van der Waals surface area contributed by atoms with Gasteiger partial charge in [-0.15, -0.1) is 0 Å². The third-order valence-electron chi connectivity index (χ3n) is 3.20. The second-order valence-corrected chi connectivity index (χ2v) is 5.50. The lowest BCUT2D eigenvalue weighted by Gasteiger charge is -2.31. The van der Waals surface area contributed by atoms with E-state index in [9.17, 15) is 4.39 Å². The Balaban J connectivity index is 2.53. The molecule has 2 atom stereocenters. The van der Waals surface area contributed by atoms with Crippen molar-refractivity contribution in [3.05, 3.63) is 35.9 Å². The maximum Gasteiger partial charge on any atom is 0.123 e. The van der Waals surface area contributed by atoms with Crippen LogP contribution >= 0.6 is 11.9 Å². The van der Waals surface area contributed by atoms with Crippen molar-refractivity contribution in [3.8, 4) is 0 Å². The Bertz CT molecular complexity index is 367. The zero-order chi connectivity index (χ0) is 14.3. The molecule has 0 radical (unpaired) electrons. The van der Waals surface area contributed by atoms with E-state index in [4.69, 9.17) is 10.4 Å². The molecule has 19 heavy (non-hydrogen) atoms. The molecule has 0 aromatic heterocycles. The first kappa shape index (κ1) is 16.4. The Hall–Kier alpha value is -0.660. The van der Waals surface area contributed by atoms with Crippen molar-refractivity contribution in [1.82, 2.24) is 9.95 Å². The highest BCUT2D eigenvalue weighted by Crippen LogP contribution is 2.24. The standard InChI is InChI=1S/C13H21FN2O2S/c1-3-13(2,11-7-5-4-6-8-11)15-9-12(14)10-19-16(17)18/h4-8,12,15,17-18H,3,9-10H2,1-2H3. The number of alkyl halides is 1. The summed E-state index contributed by atoms with van der Waals surface area (Å²) in [5.41, 5.74) is 0.831. The van der Waals surface area contributed by atoms with Crippen LogP contribution in [0.4, 0.5) is 4.39 Å². The van der Waals surface area contributed by atoms with E-state index in [-0.39, 0.29) is 22.5 Å². The third-order valence-corrected chi connectivity index (χ3v) is 3.94. The molecular formula is C13H21FN2O2S. The van der Waals surface area contributed by atoms with Gasteiger partial charge in [-0.1, -0.05) is 37.3 Å². The van der Waals surface area contributed by atoms with Crippen LogP contribution in [0.15, 0.2) is 30.3 Å². The van der Waals surface area contributed by atoms with Crippen molar-refractivity contribution in [2.24, 2.45) is 0 Å². The van der Waals surface area contributed by atoms with Gasteiger partial charge in [0.1, 0.15) is 6.17 Å². The van der Waals surface area contributed by atoms with Crippen LogP contribution < -0.4 is 5.32 Å². The molecule has 108 valence electrons. The van der Waals surface area contributed by atoms with Crippen LogP contribution in [0.5, 0.6) is 0 Å². The Labute approximate surface area is 117 Å². The molecule has 1 rings (SSSR count). The zero-order valence-corrected chi connectivity index (χ0v) is 12.0. The maximum atomic E-state index is 13.6. The molecule has 0 fully saturated rings. The van der Waals surface area contributed by atoms with Crippen molar-refractivity contribution >= 4 is 11.9 Å². The van der Waals surface area contributed by atoms with E-state index in [2.05, 4.69) is 5.32 Å². The number of hydrogen-bond acceptors (Lipinski definition) is 5. The zero-order valence-electron chi connectivity index (χ0n) is 11.2.